The van der Waals surface area contributed by atoms with Gasteiger partial charge in [0.2, 0.25) is 0 Å². The van der Waals surface area contributed by atoms with Crippen molar-refractivity contribution in [3.63, 3.8) is 0 Å². The fourth-order valence-corrected chi connectivity index (χ4v) is 2.90. The Morgan fingerprint density at radius 1 is 1.06 bits per heavy atom. The summed E-state index contributed by atoms with van der Waals surface area (Å²) in [5.41, 5.74) is 2.40. The van der Waals surface area contributed by atoms with Gasteiger partial charge in [0.1, 0.15) is 6.10 Å². The maximum Gasteiger partial charge on any atom is 0.192 e. The van der Waals surface area contributed by atoms with E-state index in [9.17, 15) is 9.59 Å². The van der Waals surface area contributed by atoms with Crippen LogP contribution in [0.5, 0.6) is 0 Å². The van der Waals surface area contributed by atoms with Crippen molar-refractivity contribution in [3.05, 3.63) is 46.5 Å². The molecule has 0 N–H and O–H groups in total. The summed E-state index contributed by atoms with van der Waals surface area (Å²) in [7, 11) is 0. The van der Waals surface area contributed by atoms with Gasteiger partial charge in [0.15, 0.2) is 11.6 Å². The molecular formula is C14H10O3. The summed E-state index contributed by atoms with van der Waals surface area (Å²) in [5, 5.41) is 0. The zero-order valence-corrected chi connectivity index (χ0v) is 9.10. The molecule has 1 aromatic rings. The Kier molecular flexibility index (Phi) is 1.60. The van der Waals surface area contributed by atoms with Gasteiger partial charge in [-0.15, -0.1) is 0 Å². The van der Waals surface area contributed by atoms with Gasteiger partial charge in [0.05, 0.1) is 6.10 Å². The first-order valence-electron chi connectivity index (χ1n) is 5.84. The van der Waals surface area contributed by atoms with Gasteiger partial charge in [-0.05, 0) is 12.8 Å². The van der Waals surface area contributed by atoms with Crippen molar-refractivity contribution in [3.8, 4) is 0 Å². The Hall–Kier alpha value is -1.74. The van der Waals surface area contributed by atoms with E-state index in [-0.39, 0.29) is 23.8 Å². The fourth-order valence-electron chi connectivity index (χ4n) is 2.90. The highest BCUT2D eigenvalue weighted by Crippen LogP contribution is 2.45. The standard InChI is InChI=1S/C14H10O3/c15-12-7-3-1-2-4-8(7)13(16)11-9(12)5-6-10-14(11)17-10/h1-4,10,14H,5-6H2. The second-order valence-corrected chi connectivity index (χ2v) is 4.73. The molecule has 17 heavy (non-hydrogen) atoms. The monoisotopic (exact) mass is 226 g/mol. The van der Waals surface area contributed by atoms with Crippen LogP contribution in [0, 0.1) is 0 Å². The quantitative estimate of drug-likeness (QED) is 0.635. The SMILES string of the molecule is O=C1C2=C(C(=O)c3ccccc31)C1OC1CC2. The second kappa shape index (κ2) is 2.93. The van der Waals surface area contributed by atoms with Crippen LogP contribution in [-0.2, 0) is 4.74 Å². The lowest BCUT2D eigenvalue weighted by Gasteiger charge is -2.22. The molecule has 0 radical (unpaired) electrons. The Bertz CT molecular complexity index is 597. The number of hydrogen-bond donors (Lipinski definition) is 0. The van der Waals surface area contributed by atoms with E-state index in [2.05, 4.69) is 0 Å². The molecule has 0 spiro atoms. The summed E-state index contributed by atoms with van der Waals surface area (Å²) in [6, 6.07) is 7.06. The number of Topliss-reactive ketones (excluding diaryl/α,β-unsaturated/α-hetero) is 2. The van der Waals surface area contributed by atoms with Gasteiger partial charge in [-0.3, -0.25) is 9.59 Å². The van der Waals surface area contributed by atoms with Crippen molar-refractivity contribution in [2.75, 3.05) is 0 Å². The molecule has 0 saturated carbocycles. The van der Waals surface area contributed by atoms with Gasteiger partial charge in [0, 0.05) is 22.3 Å². The van der Waals surface area contributed by atoms with Crippen LogP contribution >= 0.6 is 0 Å². The molecule has 3 heteroatoms. The Labute approximate surface area is 98.1 Å². The van der Waals surface area contributed by atoms with Gasteiger partial charge in [-0.25, -0.2) is 0 Å². The van der Waals surface area contributed by atoms with Gasteiger partial charge in [-0.1, -0.05) is 24.3 Å². The molecule has 2 unspecified atom stereocenters. The largest absolute Gasteiger partial charge is 0.364 e. The number of benzene rings is 1. The van der Waals surface area contributed by atoms with Crippen LogP contribution in [0.3, 0.4) is 0 Å². The zero-order chi connectivity index (χ0) is 11.6. The number of carbonyl (C=O) groups excluding carboxylic acids is 2. The van der Waals surface area contributed by atoms with Crippen LogP contribution in [0.1, 0.15) is 33.6 Å². The zero-order valence-electron chi connectivity index (χ0n) is 9.10. The maximum atomic E-state index is 12.3. The second-order valence-electron chi connectivity index (χ2n) is 4.73. The summed E-state index contributed by atoms with van der Waals surface area (Å²) in [6.45, 7) is 0. The van der Waals surface area contributed by atoms with Crippen LogP contribution in [0.2, 0.25) is 0 Å². The molecule has 2 atom stereocenters. The Balaban J connectivity index is 1.96. The number of fused-ring (bicyclic) bond motifs is 3. The normalized spacial score (nSPS) is 29.6. The molecule has 3 aliphatic rings. The van der Waals surface area contributed by atoms with Crippen LogP contribution in [0.4, 0.5) is 0 Å². The first kappa shape index (κ1) is 9.31. The minimum absolute atomic E-state index is 0.0117. The highest BCUT2D eigenvalue weighted by atomic mass is 16.6. The highest BCUT2D eigenvalue weighted by molar-refractivity contribution is 6.27. The van der Waals surface area contributed by atoms with Crippen molar-refractivity contribution < 1.29 is 14.3 Å². The molecule has 84 valence electrons. The van der Waals surface area contributed by atoms with E-state index >= 15 is 0 Å². The molecule has 0 bridgehead atoms. The van der Waals surface area contributed by atoms with E-state index in [4.69, 9.17) is 4.74 Å². The van der Waals surface area contributed by atoms with Crippen molar-refractivity contribution in [1.82, 2.24) is 0 Å². The smallest absolute Gasteiger partial charge is 0.192 e. The molecule has 1 aromatic carbocycles. The van der Waals surface area contributed by atoms with Crippen LogP contribution in [-0.4, -0.2) is 23.8 Å². The number of epoxide rings is 1. The number of ether oxygens (including phenoxy) is 1. The Morgan fingerprint density at radius 3 is 2.53 bits per heavy atom. The first-order chi connectivity index (χ1) is 8.27. The van der Waals surface area contributed by atoms with Crippen molar-refractivity contribution in [2.45, 2.75) is 25.0 Å². The summed E-state index contributed by atoms with van der Waals surface area (Å²) in [5.74, 6) is 0.00606. The molecule has 1 aliphatic heterocycles. The number of carbonyl (C=O) groups is 2. The summed E-state index contributed by atoms with van der Waals surface area (Å²) in [6.07, 6.45) is 1.61. The average molecular weight is 226 g/mol. The van der Waals surface area contributed by atoms with Crippen molar-refractivity contribution in [1.29, 1.82) is 0 Å². The number of allylic oxidation sites excluding steroid dienone is 1. The van der Waals surface area contributed by atoms with E-state index in [1.54, 1.807) is 24.3 Å². The highest BCUT2D eigenvalue weighted by Gasteiger charge is 2.51. The average Bonchev–Trinajstić information content (AvgIpc) is 3.14. The lowest BCUT2D eigenvalue weighted by molar-refractivity contribution is 0.0965. The predicted octanol–water partition coefficient (Wildman–Crippen LogP) is 1.92. The third-order valence-corrected chi connectivity index (χ3v) is 3.81. The number of hydrogen-bond acceptors (Lipinski definition) is 3. The molecule has 1 saturated heterocycles. The van der Waals surface area contributed by atoms with Gasteiger partial charge in [-0.2, -0.15) is 0 Å². The van der Waals surface area contributed by atoms with Gasteiger partial charge < -0.3 is 4.74 Å². The molecule has 3 nitrogen and oxygen atoms in total. The lowest BCUT2D eigenvalue weighted by atomic mass is 9.77. The van der Waals surface area contributed by atoms with E-state index in [1.165, 1.54) is 0 Å². The van der Waals surface area contributed by atoms with Crippen LogP contribution in [0.15, 0.2) is 35.4 Å². The third kappa shape index (κ3) is 1.09. The summed E-state index contributed by atoms with van der Waals surface area (Å²) >= 11 is 0. The van der Waals surface area contributed by atoms with E-state index < -0.39 is 0 Å². The molecule has 2 aliphatic carbocycles. The van der Waals surface area contributed by atoms with Crippen molar-refractivity contribution in [2.24, 2.45) is 0 Å². The minimum atomic E-state index is -0.108. The van der Waals surface area contributed by atoms with E-state index in [0.717, 1.165) is 6.42 Å². The maximum absolute atomic E-state index is 12.3. The molecule has 0 aromatic heterocycles. The Morgan fingerprint density at radius 2 is 1.76 bits per heavy atom. The van der Waals surface area contributed by atoms with Gasteiger partial charge >= 0.3 is 0 Å². The van der Waals surface area contributed by atoms with Crippen LogP contribution in [0.25, 0.3) is 0 Å². The molecule has 4 rings (SSSR count). The van der Waals surface area contributed by atoms with Crippen LogP contribution < -0.4 is 0 Å². The van der Waals surface area contributed by atoms with E-state index in [0.29, 0.717) is 28.7 Å². The van der Waals surface area contributed by atoms with Gasteiger partial charge in [0.25, 0.3) is 0 Å². The summed E-state index contributed by atoms with van der Waals surface area (Å²) in [4.78, 5) is 24.6. The van der Waals surface area contributed by atoms with Crippen molar-refractivity contribution >= 4 is 11.6 Å². The molecule has 1 fully saturated rings. The lowest BCUT2D eigenvalue weighted by Crippen LogP contribution is -2.27. The topological polar surface area (TPSA) is 46.7 Å². The molecule has 1 heterocycles. The number of ketones is 2. The molecular weight excluding hydrogens is 216 g/mol. The van der Waals surface area contributed by atoms with E-state index in [1.807, 2.05) is 0 Å². The predicted molar refractivity (Wildman–Crippen MR) is 60.0 cm³/mol. The fraction of sp³-hybridized carbons (Fsp3) is 0.286. The molecule has 0 amide bonds. The first-order valence-corrected chi connectivity index (χ1v) is 5.84. The minimum Gasteiger partial charge on any atom is -0.364 e. The summed E-state index contributed by atoms with van der Waals surface area (Å²) < 4.78 is 5.45. The third-order valence-electron chi connectivity index (χ3n) is 3.81. The number of rotatable bonds is 0.